The van der Waals surface area contributed by atoms with E-state index in [-0.39, 0.29) is 0 Å². The highest BCUT2D eigenvalue weighted by Crippen LogP contribution is 2.27. The number of aliphatic hydroxyl groups excluding tert-OH is 1. The zero-order chi connectivity index (χ0) is 14.6. The summed E-state index contributed by atoms with van der Waals surface area (Å²) in [7, 11) is 1.19. The van der Waals surface area contributed by atoms with E-state index in [1.165, 1.54) is 7.11 Å². The number of hydrogen-bond acceptors (Lipinski definition) is 9. The molecule has 1 saturated heterocycles. The Kier molecular flexibility index (Phi) is 5.20. The first-order valence-corrected chi connectivity index (χ1v) is 5.39. The maximum Gasteiger partial charge on any atom is 0.295 e. The molecular formula is C8H14N2O9. The minimum atomic E-state index is -1.58. The van der Waals surface area contributed by atoms with Crippen molar-refractivity contribution in [3.05, 3.63) is 20.2 Å². The van der Waals surface area contributed by atoms with Crippen molar-refractivity contribution in [3.63, 3.8) is 0 Å². The number of ether oxygens (including phenoxy) is 2. The van der Waals surface area contributed by atoms with Gasteiger partial charge in [-0.05, 0) is 6.42 Å². The van der Waals surface area contributed by atoms with Crippen LogP contribution in [0.3, 0.4) is 0 Å². The number of aliphatic hydroxyl groups is 1. The van der Waals surface area contributed by atoms with Crippen molar-refractivity contribution in [1.82, 2.24) is 0 Å². The smallest absolute Gasteiger partial charge is 0.295 e. The van der Waals surface area contributed by atoms with Crippen LogP contribution in [0.25, 0.3) is 0 Å². The van der Waals surface area contributed by atoms with Crippen LogP contribution in [0, 0.1) is 20.2 Å². The first kappa shape index (κ1) is 15.3. The van der Waals surface area contributed by atoms with Crippen LogP contribution in [-0.2, 0) is 19.1 Å². The molecule has 11 heteroatoms. The van der Waals surface area contributed by atoms with Gasteiger partial charge in [-0.2, -0.15) is 0 Å². The van der Waals surface area contributed by atoms with Crippen molar-refractivity contribution in [3.8, 4) is 0 Å². The Hall–Kier alpha value is -1.72. The lowest BCUT2D eigenvalue weighted by atomic mass is 9.97. The minimum Gasteiger partial charge on any atom is -0.388 e. The SMILES string of the molecule is CCC1OC(OC)C(O[N+](=O)[O-])C(O[N+](=O)[O-])C1O. The molecule has 0 bridgehead atoms. The molecule has 0 radical (unpaired) electrons. The average Bonchev–Trinajstić information content (AvgIpc) is 2.33. The quantitative estimate of drug-likeness (QED) is 0.493. The highest BCUT2D eigenvalue weighted by Gasteiger charge is 2.49. The van der Waals surface area contributed by atoms with Gasteiger partial charge in [0.15, 0.2) is 18.5 Å². The summed E-state index contributed by atoms with van der Waals surface area (Å²) in [6, 6.07) is 0. The van der Waals surface area contributed by atoms with E-state index in [0.717, 1.165) is 0 Å². The molecule has 0 saturated carbocycles. The lowest BCUT2D eigenvalue weighted by molar-refractivity contribution is -0.806. The third-order valence-electron chi connectivity index (χ3n) is 2.67. The Morgan fingerprint density at radius 1 is 1.21 bits per heavy atom. The predicted molar refractivity (Wildman–Crippen MR) is 55.7 cm³/mol. The molecule has 1 rings (SSSR count). The molecule has 0 amide bonds. The topological polar surface area (TPSA) is 143 Å². The van der Waals surface area contributed by atoms with Gasteiger partial charge in [0.05, 0.1) is 6.10 Å². The lowest BCUT2D eigenvalue weighted by Gasteiger charge is -2.41. The van der Waals surface area contributed by atoms with E-state index in [9.17, 15) is 25.3 Å². The van der Waals surface area contributed by atoms with Crippen LogP contribution in [0.4, 0.5) is 0 Å². The maximum atomic E-state index is 10.4. The first-order chi connectivity index (χ1) is 8.90. The second-order valence-corrected chi connectivity index (χ2v) is 3.76. The molecule has 5 atom stereocenters. The van der Waals surface area contributed by atoms with Crippen LogP contribution in [-0.4, -0.2) is 53.1 Å². The Labute approximate surface area is 107 Å². The van der Waals surface area contributed by atoms with Gasteiger partial charge in [0.1, 0.15) is 6.10 Å². The molecule has 1 aliphatic heterocycles. The third kappa shape index (κ3) is 3.62. The Bertz CT molecular complexity index is 338. The Morgan fingerprint density at radius 3 is 2.16 bits per heavy atom. The fraction of sp³-hybridized carbons (Fsp3) is 1.00. The van der Waals surface area contributed by atoms with Crippen molar-refractivity contribution in [2.24, 2.45) is 0 Å². The van der Waals surface area contributed by atoms with Gasteiger partial charge in [-0.3, -0.25) is 0 Å². The molecule has 0 aliphatic carbocycles. The normalized spacial score (nSPS) is 34.6. The van der Waals surface area contributed by atoms with Gasteiger partial charge in [0.25, 0.3) is 10.2 Å². The molecule has 11 nitrogen and oxygen atoms in total. The van der Waals surface area contributed by atoms with E-state index in [0.29, 0.717) is 6.42 Å². The fourth-order valence-electron chi connectivity index (χ4n) is 1.85. The highest BCUT2D eigenvalue weighted by atomic mass is 17.0. The third-order valence-corrected chi connectivity index (χ3v) is 2.67. The number of methoxy groups -OCH3 is 1. The van der Waals surface area contributed by atoms with E-state index in [1.54, 1.807) is 6.92 Å². The molecular weight excluding hydrogens is 268 g/mol. The molecule has 0 aromatic carbocycles. The minimum absolute atomic E-state index is 0.309. The molecule has 0 spiro atoms. The molecule has 1 heterocycles. The van der Waals surface area contributed by atoms with Crippen LogP contribution in [0.2, 0.25) is 0 Å². The van der Waals surface area contributed by atoms with Gasteiger partial charge in [0, 0.05) is 7.11 Å². The lowest BCUT2D eigenvalue weighted by Crippen LogP contribution is -2.60. The van der Waals surface area contributed by atoms with Crippen molar-refractivity contribution in [2.75, 3.05) is 7.11 Å². The highest BCUT2D eigenvalue weighted by molar-refractivity contribution is 4.89. The summed E-state index contributed by atoms with van der Waals surface area (Å²) in [6.07, 6.45) is -6.37. The van der Waals surface area contributed by atoms with Gasteiger partial charge in [0.2, 0.25) is 0 Å². The van der Waals surface area contributed by atoms with Crippen molar-refractivity contribution in [2.45, 2.75) is 44.1 Å². The maximum absolute atomic E-state index is 10.4. The number of rotatable bonds is 6. The van der Waals surface area contributed by atoms with Crippen molar-refractivity contribution in [1.29, 1.82) is 0 Å². The second-order valence-electron chi connectivity index (χ2n) is 3.76. The van der Waals surface area contributed by atoms with E-state index >= 15 is 0 Å². The molecule has 5 unspecified atom stereocenters. The Morgan fingerprint density at radius 2 is 1.74 bits per heavy atom. The zero-order valence-electron chi connectivity index (χ0n) is 10.2. The monoisotopic (exact) mass is 282 g/mol. The van der Waals surface area contributed by atoms with E-state index in [2.05, 4.69) is 9.68 Å². The molecule has 1 N–H and O–H groups in total. The molecule has 1 fully saturated rings. The van der Waals surface area contributed by atoms with Crippen LogP contribution < -0.4 is 0 Å². The summed E-state index contributed by atoms with van der Waals surface area (Å²) in [5.74, 6) is 0. The van der Waals surface area contributed by atoms with E-state index in [4.69, 9.17) is 9.47 Å². The molecule has 110 valence electrons. The molecule has 19 heavy (non-hydrogen) atoms. The van der Waals surface area contributed by atoms with Crippen molar-refractivity contribution >= 4 is 0 Å². The molecule has 0 aromatic heterocycles. The van der Waals surface area contributed by atoms with E-state index in [1.807, 2.05) is 0 Å². The zero-order valence-corrected chi connectivity index (χ0v) is 10.2. The van der Waals surface area contributed by atoms with Crippen LogP contribution in [0.15, 0.2) is 0 Å². The summed E-state index contributed by atoms with van der Waals surface area (Å²) in [4.78, 5) is 29.3. The van der Waals surface area contributed by atoms with Gasteiger partial charge in [-0.15, -0.1) is 20.2 Å². The summed E-state index contributed by atoms with van der Waals surface area (Å²) in [5, 5.41) is 28.3. The van der Waals surface area contributed by atoms with Crippen molar-refractivity contribution < 1.29 is 34.4 Å². The van der Waals surface area contributed by atoms with Gasteiger partial charge < -0.3 is 24.3 Å². The summed E-state index contributed by atoms with van der Waals surface area (Å²) < 4.78 is 10.0. The standard InChI is InChI=1S/C8H14N2O9/c1-3-4-5(11)6(18-9(12)13)7(19-10(14)15)8(16-2)17-4/h4-8,11H,3H2,1-2H3. The predicted octanol–water partition coefficient (Wildman–Crippen LogP) is -0.718. The summed E-state index contributed by atoms with van der Waals surface area (Å²) in [6.45, 7) is 1.67. The van der Waals surface area contributed by atoms with E-state index < -0.39 is 40.9 Å². The van der Waals surface area contributed by atoms with Gasteiger partial charge in [-0.25, -0.2) is 0 Å². The van der Waals surface area contributed by atoms with Crippen LogP contribution >= 0.6 is 0 Å². The van der Waals surface area contributed by atoms with Crippen LogP contribution in [0.5, 0.6) is 0 Å². The summed E-state index contributed by atoms with van der Waals surface area (Å²) >= 11 is 0. The van der Waals surface area contributed by atoms with Gasteiger partial charge in [-0.1, -0.05) is 6.92 Å². The number of nitrogens with zero attached hydrogens (tertiary/aromatic N) is 2. The largest absolute Gasteiger partial charge is 0.388 e. The average molecular weight is 282 g/mol. The number of hydrogen-bond donors (Lipinski definition) is 1. The first-order valence-electron chi connectivity index (χ1n) is 5.39. The van der Waals surface area contributed by atoms with Crippen LogP contribution in [0.1, 0.15) is 13.3 Å². The van der Waals surface area contributed by atoms with Gasteiger partial charge >= 0.3 is 0 Å². The fourth-order valence-corrected chi connectivity index (χ4v) is 1.85. The molecule has 0 aromatic rings. The second kappa shape index (κ2) is 6.45. The molecule has 1 aliphatic rings. The Balaban J connectivity index is 2.96. The summed E-state index contributed by atoms with van der Waals surface area (Å²) in [5.41, 5.74) is 0.